The summed E-state index contributed by atoms with van der Waals surface area (Å²) in [7, 11) is 1.92. The van der Waals surface area contributed by atoms with Gasteiger partial charge in [0, 0.05) is 31.6 Å². The molecule has 1 fully saturated rings. The van der Waals surface area contributed by atoms with Crippen LogP contribution in [0.15, 0.2) is 67.0 Å². The van der Waals surface area contributed by atoms with Crippen molar-refractivity contribution in [2.24, 2.45) is 7.05 Å². The molecule has 1 aliphatic rings. The van der Waals surface area contributed by atoms with E-state index in [9.17, 15) is 4.79 Å². The Labute approximate surface area is 170 Å². The van der Waals surface area contributed by atoms with Crippen LogP contribution in [0.4, 0.5) is 0 Å². The molecule has 6 heteroatoms. The second kappa shape index (κ2) is 8.92. The maximum absolute atomic E-state index is 12.9. The Kier molecular flexibility index (Phi) is 5.91. The monoisotopic (exact) mass is 391 g/mol. The van der Waals surface area contributed by atoms with Crippen molar-refractivity contribution in [1.82, 2.24) is 14.9 Å². The number of amides is 1. The number of rotatable bonds is 7. The number of carbonyl (C=O) groups is 1. The van der Waals surface area contributed by atoms with E-state index in [0.717, 1.165) is 36.6 Å². The largest absolute Gasteiger partial charge is 0.491 e. The normalized spacial score (nSPS) is 17.1. The lowest BCUT2D eigenvalue weighted by Gasteiger charge is -2.19. The third-order valence-corrected chi connectivity index (χ3v) is 5.10. The van der Waals surface area contributed by atoms with Gasteiger partial charge in [0.05, 0.1) is 6.10 Å². The molecule has 0 bridgehead atoms. The van der Waals surface area contributed by atoms with Crippen LogP contribution in [-0.2, 0) is 11.8 Å². The SMILES string of the molecule is Cn1ccnc1[C@H](NC(=O)c1ccc(OC[C@@H]2CCCO2)cc1)c1ccccc1. The van der Waals surface area contributed by atoms with Crippen LogP contribution in [0.1, 0.15) is 40.6 Å². The summed E-state index contributed by atoms with van der Waals surface area (Å²) in [6.45, 7) is 1.35. The summed E-state index contributed by atoms with van der Waals surface area (Å²) in [4.78, 5) is 17.3. The maximum atomic E-state index is 12.9. The van der Waals surface area contributed by atoms with E-state index in [2.05, 4.69) is 10.3 Å². The van der Waals surface area contributed by atoms with E-state index in [4.69, 9.17) is 9.47 Å². The van der Waals surface area contributed by atoms with Gasteiger partial charge in [0.15, 0.2) is 0 Å². The first kappa shape index (κ1) is 19.2. The molecule has 1 aromatic heterocycles. The van der Waals surface area contributed by atoms with Gasteiger partial charge in [0.2, 0.25) is 0 Å². The first-order valence-corrected chi connectivity index (χ1v) is 9.88. The Hall–Kier alpha value is -3.12. The molecule has 4 rings (SSSR count). The molecule has 150 valence electrons. The molecule has 0 aliphatic carbocycles. The van der Waals surface area contributed by atoms with Gasteiger partial charge in [-0.15, -0.1) is 0 Å². The Morgan fingerprint density at radius 3 is 2.69 bits per heavy atom. The van der Waals surface area contributed by atoms with Gasteiger partial charge in [0.1, 0.15) is 24.2 Å². The zero-order valence-corrected chi connectivity index (χ0v) is 16.5. The fraction of sp³-hybridized carbons (Fsp3) is 0.304. The van der Waals surface area contributed by atoms with Crippen LogP contribution in [0.3, 0.4) is 0 Å². The molecule has 0 radical (unpaired) electrons. The summed E-state index contributed by atoms with van der Waals surface area (Å²) in [6.07, 6.45) is 5.90. The van der Waals surface area contributed by atoms with Crippen LogP contribution in [0, 0.1) is 0 Å². The fourth-order valence-corrected chi connectivity index (χ4v) is 3.48. The average molecular weight is 391 g/mol. The third kappa shape index (κ3) is 4.66. The average Bonchev–Trinajstić information content (AvgIpc) is 3.43. The Bertz CT molecular complexity index is 932. The van der Waals surface area contributed by atoms with Crippen LogP contribution in [-0.4, -0.2) is 34.8 Å². The van der Waals surface area contributed by atoms with Crippen molar-refractivity contribution in [2.45, 2.75) is 25.0 Å². The van der Waals surface area contributed by atoms with E-state index in [1.807, 2.05) is 60.3 Å². The fourth-order valence-electron chi connectivity index (χ4n) is 3.48. The predicted molar refractivity (Wildman–Crippen MR) is 110 cm³/mol. The molecule has 2 heterocycles. The molecule has 0 saturated carbocycles. The zero-order chi connectivity index (χ0) is 20.1. The first-order chi connectivity index (χ1) is 14.2. The van der Waals surface area contributed by atoms with Crippen LogP contribution in [0.2, 0.25) is 0 Å². The highest BCUT2D eigenvalue weighted by atomic mass is 16.5. The zero-order valence-electron chi connectivity index (χ0n) is 16.5. The number of ether oxygens (including phenoxy) is 2. The number of carbonyl (C=O) groups excluding carboxylic acids is 1. The quantitative estimate of drug-likeness (QED) is 0.670. The van der Waals surface area contributed by atoms with Crippen LogP contribution in [0.5, 0.6) is 5.75 Å². The molecular weight excluding hydrogens is 366 g/mol. The number of aryl methyl sites for hydroxylation is 1. The van der Waals surface area contributed by atoms with Gasteiger partial charge in [-0.05, 0) is 42.7 Å². The van der Waals surface area contributed by atoms with Gasteiger partial charge in [-0.25, -0.2) is 4.98 Å². The van der Waals surface area contributed by atoms with Crippen molar-refractivity contribution in [3.63, 3.8) is 0 Å². The number of aromatic nitrogens is 2. The number of hydrogen-bond acceptors (Lipinski definition) is 4. The highest BCUT2D eigenvalue weighted by Gasteiger charge is 2.21. The smallest absolute Gasteiger partial charge is 0.252 e. The molecular formula is C23H25N3O3. The lowest BCUT2D eigenvalue weighted by molar-refractivity contribution is 0.0679. The molecule has 29 heavy (non-hydrogen) atoms. The minimum atomic E-state index is -0.334. The van der Waals surface area contributed by atoms with E-state index < -0.39 is 0 Å². The first-order valence-electron chi connectivity index (χ1n) is 9.88. The molecule has 1 amide bonds. The molecule has 1 N–H and O–H groups in total. The highest BCUT2D eigenvalue weighted by Crippen LogP contribution is 2.22. The van der Waals surface area contributed by atoms with Crippen LogP contribution >= 0.6 is 0 Å². The van der Waals surface area contributed by atoms with Gasteiger partial charge in [0.25, 0.3) is 5.91 Å². The number of benzene rings is 2. The Balaban J connectivity index is 1.45. The number of nitrogens with zero attached hydrogens (tertiary/aromatic N) is 2. The molecule has 0 unspecified atom stereocenters. The Morgan fingerprint density at radius 2 is 2.03 bits per heavy atom. The Morgan fingerprint density at radius 1 is 1.24 bits per heavy atom. The lowest BCUT2D eigenvalue weighted by Crippen LogP contribution is -2.31. The lowest BCUT2D eigenvalue weighted by atomic mass is 10.1. The summed E-state index contributed by atoms with van der Waals surface area (Å²) in [6, 6.07) is 16.7. The predicted octanol–water partition coefficient (Wildman–Crippen LogP) is 3.50. The van der Waals surface area contributed by atoms with Gasteiger partial charge in [-0.2, -0.15) is 0 Å². The van der Waals surface area contributed by atoms with Crippen molar-refractivity contribution in [2.75, 3.05) is 13.2 Å². The van der Waals surface area contributed by atoms with Gasteiger partial charge in [-0.1, -0.05) is 30.3 Å². The molecule has 0 spiro atoms. The van der Waals surface area contributed by atoms with Crippen molar-refractivity contribution in [3.8, 4) is 5.75 Å². The van der Waals surface area contributed by atoms with Crippen LogP contribution < -0.4 is 10.1 Å². The molecule has 6 nitrogen and oxygen atoms in total. The van der Waals surface area contributed by atoms with Gasteiger partial charge >= 0.3 is 0 Å². The summed E-state index contributed by atoms with van der Waals surface area (Å²) in [5.74, 6) is 1.36. The third-order valence-electron chi connectivity index (χ3n) is 5.10. The molecule has 3 aromatic rings. The van der Waals surface area contributed by atoms with E-state index in [-0.39, 0.29) is 18.1 Å². The van der Waals surface area contributed by atoms with E-state index in [0.29, 0.717) is 12.2 Å². The second-order valence-corrected chi connectivity index (χ2v) is 7.18. The van der Waals surface area contributed by atoms with Crippen molar-refractivity contribution in [3.05, 3.63) is 83.9 Å². The van der Waals surface area contributed by atoms with Gasteiger partial charge < -0.3 is 19.4 Å². The maximum Gasteiger partial charge on any atom is 0.252 e. The standard InChI is InChI=1S/C23H25N3O3/c1-26-14-13-24-22(26)21(17-6-3-2-4-7-17)25-23(27)18-9-11-19(12-10-18)29-16-20-8-5-15-28-20/h2-4,6-7,9-14,20-21H,5,8,15-16H2,1H3,(H,25,27)/t20-,21+/m0/s1. The molecule has 2 atom stereocenters. The second-order valence-electron chi connectivity index (χ2n) is 7.18. The van der Waals surface area contributed by atoms with Gasteiger partial charge in [-0.3, -0.25) is 4.79 Å². The molecule has 1 aliphatic heterocycles. The van der Waals surface area contributed by atoms with E-state index in [1.165, 1.54) is 0 Å². The summed E-state index contributed by atoms with van der Waals surface area (Å²) in [5.41, 5.74) is 1.55. The van der Waals surface area contributed by atoms with E-state index in [1.54, 1.807) is 18.3 Å². The van der Waals surface area contributed by atoms with Crippen LogP contribution in [0.25, 0.3) is 0 Å². The minimum Gasteiger partial charge on any atom is -0.491 e. The van der Waals surface area contributed by atoms with E-state index >= 15 is 0 Å². The number of nitrogens with one attached hydrogen (secondary N) is 1. The number of hydrogen-bond donors (Lipinski definition) is 1. The molecule has 2 aromatic carbocycles. The van der Waals surface area contributed by atoms with Crippen molar-refractivity contribution < 1.29 is 14.3 Å². The topological polar surface area (TPSA) is 65.4 Å². The highest BCUT2D eigenvalue weighted by molar-refractivity contribution is 5.94. The van der Waals surface area contributed by atoms with Crippen molar-refractivity contribution >= 4 is 5.91 Å². The summed E-state index contributed by atoms with van der Waals surface area (Å²) < 4.78 is 13.3. The summed E-state index contributed by atoms with van der Waals surface area (Å²) in [5, 5.41) is 3.11. The number of imidazole rings is 1. The molecule has 1 saturated heterocycles. The minimum absolute atomic E-state index is 0.160. The van der Waals surface area contributed by atoms with Crippen molar-refractivity contribution in [1.29, 1.82) is 0 Å². The summed E-state index contributed by atoms with van der Waals surface area (Å²) >= 11 is 0.